The lowest BCUT2D eigenvalue weighted by atomic mass is 9.85. The molecule has 0 spiro atoms. The summed E-state index contributed by atoms with van der Waals surface area (Å²) in [6, 6.07) is 16.2. The molecule has 154 valence electrons. The van der Waals surface area contributed by atoms with Gasteiger partial charge in [-0.25, -0.2) is 0 Å². The number of fused-ring (bicyclic) bond motifs is 2. The zero-order valence-electron chi connectivity index (χ0n) is 16.6. The molecule has 1 aliphatic heterocycles. The van der Waals surface area contributed by atoms with Crippen molar-refractivity contribution in [2.45, 2.75) is 38.3 Å². The van der Waals surface area contributed by atoms with Gasteiger partial charge in [0.1, 0.15) is 0 Å². The van der Waals surface area contributed by atoms with Gasteiger partial charge in [-0.15, -0.1) is 11.3 Å². The van der Waals surface area contributed by atoms with Crippen LogP contribution in [0.1, 0.15) is 51.3 Å². The average molecular weight is 483 g/mol. The molecule has 0 unspecified atom stereocenters. The van der Waals surface area contributed by atoms with Crippen LogP contribution in [-0.2, 0) is 6.54 Å². The molecule has 2 aliphatic rings. The van der Waals surface area contributed by atoms with Gasteiger partial charge in [-0.1, -0.05) is 34.1 Å². The Morgan fingerprint density at radius 3 is 2.70 bits per heavy atom. The highest BCUT2D eigenvalue weighted by atomic mass is 79.9. The standard InChI is InChI=1S/C24H23BrN2O2S/c25-18-7-10-21-17(11-18)12-22(30-21)23(28)26-19-8-5-15(6-9-19)13-27-14-16-3-1-2-4-20(16)24(27)29/h1-4,7,10-12,15,19H,5-6,8-9,13-14H2,(H,26,28). The van der Waals surface area contributed by atoms with Gasteiger partial charge in [0.2, 0.25) is 0 Å². The Morgan fingerprint density at radius 1 is 1.10 bits per heavy atom. The third-order valence-corrected chi connectivity index (χ3v) is 7.87. The molecule has 5 rings (SSSR count). The van der Waals surface area contributed by atoms with Crippen molar-refractivity contribution in [2.75, 3.05) is 6.54 Å². The molecule has 2 aromatic carbocycles. The third kappa shape index (κ3) is 3.91. The first-order chi connectivity index (χ1) is 14.6. The maximum Gasteiger partial charge on any atom is 0.261 e. The topological polar surface area (TPSA) is 49.4 Å². The van der Waals surface area contributed by atoms with Gasteiger partial charge in [-0.05, 0) is 72.9 Å². The number of benzene rings is 2. The van der Waals surface area contributed by atoms with Crippen molar-refractivity contribution in [1.29, 1.82) is 0 Å². The molecule has 2 heterocycles. The highest BCUT2D eigenvalue weighted by molar-refractivity contribution is 9.10. The van der Waals surface area contributed by atoms with Crippen LogP contribution in [-0.4, -0.2) is 29.3 Å². The fraction of sp³-hybridized carbons (Fsp3) is 0.333. The van der Waals surface area contributed by atoms with E-state index < -0.39 is 0 Å². The molecule has 30 heavy (non-hydrogen) atoms. The van der Waals surface area contributed by atoms with Gasteiger partial charge in [0, 0.05) is 33.9 Å². The molecular weight excluding hydrogens is 460 g/mol. The lowest BCUT2D eigenvalue weighted by Crippen LogP contribution is -2.39. The SMILES string of the molecule is O=C(NC1CCC(CN2Cc3ccccc3C2=O)CC1)c1cc2cc(Br)ccc2s1. The normalized spacial score (nSPS) is 21.1. The number of carbonyl (C=O) groups is 2. The molecule has 0 atom stereocenters. The van der Waals surface area contributed by atoms with Crippen LogP contribution in [0.5, 0.6) is 0 Å². The lowest BCUT2D eigenvalue weighted by molar-refractivity contribution is 0.0732. The molecule has 4 nitrogen and oxygen atoms in total. The average Bonchev–Trinajstić information content (AvgIpc) is 3.31. The molecule has 1 saturated carbocycles. The van der Waals surface area contributed by atoms with Gasteiger partial charge in [0.15, 0.2) is 0 Å². The molecule has 0 saturated heterocycles. The Bertz CT molecular complexity index is 1120. The Labute approximate surface area is 188 Å². The number of thiophene rings is 1. The molecule has 2 amide bonds. The van der Waals surface area contributed by atoms with Crippen LogP contribution >= 0.6 is 27.3 Å². The second kappa shape index (κ2) is 8.16. The quantitative estimate of drug-likeness (QED) is 0.525. The Kier molecular flexibility index (Phi) is 5.37. The number of halogens is 1. The van der Waals surface area contributed by atoms with E-state index in [9.17, 15) is 9.59 Å². The predicted octanol–water partition coefficient (Wildman–Crippen LogP) is 5.61. The smallest absolute Gasteiger partial charge is 0.261 e. The van der Waals surface area contributed by atoms with Crippen LogP contribution in [0.25, 0.3) is 10.1 Å². The van der Waals surface area contributed by atoms with Crippen molar-refractivity contribution >= 4 is 49.2 Å². The second-order valence-electron chi connectivity index (χ2n) is 8.33. The van der Waals surface area contributed by atoms with E-state index >= 15 is 0 Å². The zero-order chi connectivity index (χ0) is 20.7. The van der Waals surface area contributed by atoms with E-state index in [1.165, 1.54) is 0 Å². The van der Waals surface area contributed by atoms with Crippen LogP contribution < -0.4 is 5.32 Å². The number of hydrogen-bond donors (Lipinski definition) is 1. The fourth-order valence-electron chi connectivity index (χ4n) is 4.65. The summed E-state index contributed by atoms with van der Waals surface area (Å²) in [5.41, 5.74) is 1.99. The maximum atomic E-state index is 12.7. The first kappa shape index (κ1) is 19.8. The molecule has 6 heteroatoms. The number of hydrogen-bond acceptors (Lipinski definition) is 3. The summed E-state index contributed by atoms with van der Waals surface area (Å²) in [4.78, 5) is 28.1. The van der Waals surface area contributed by atoms with Gasteiger partial charge in [-0.2, -0.15) is 0 Å². The first-order valence-corrected chi connectivity index (χ1v) is 12.0. The van der Waals surface area contributed by atoms with Gasteiger partial charge >= 0.3 is 0 Å². The fourth-order valence-corrected chi connectivity index (χ4v) is 5.97. The molecular formula is C24H23BrN2O2S. The minimum Gasteiger partial charge on any atom is -0.349 e. The minimum atomic E-state index is 0.0287. The maximum absolute atomic E-state index is 12.7. The number of nitrogens with zero attached hydrogens (tertiary/aromatic N) is 1. The van der Waals surface area contributed by atoms with E-state index in [1.54, 1.807) is 11.3 Å². The van der Waals surface area contributed by atoms with Crippen LogP contribution in [0.2, 0.25) is 0 Å². The van der Waals surface area contributed by atoms with E-state index in [0.717, 1.165) is 69.3 Å². The molecule has 0 bridgehead atoms. The largest absolute Gasteiger partial charge is 0.349 e. The molecule has 0 radical (unpaired) electrons. The molecule has 1 N–H and O–H groups in total. The van der Waals surface area contributed by atoms with Crippen molar-refractivity contribution in [2.24, 2.45) is 5.92 Å². The van der Waals surface area contributed by atoms with Crippen molar-refractivity contribution in [3.63, 3.8) is 0 Å². The van der Waals surface area contributed by atoms with Crippen molar-refractivity contribution in [3.05, 3.63) is 69.0 Å². The number of nitrogens with one attached hydrogen (secondary N) is 1. The number of carbonyl (C=O) groups excluding carboxylic acids is 2. The minimum absolute atomic E-state index is 0.0287. The Hall–Kier alpha value is -2.18. The summed E-state index contributed by atoms with van der Waals surface area (Å²) in [5.74, 6) is 0.705. The monoisotopic (exact) mass is 482 g/mol. The van der Waals surface area contributed by atoms with Crippen LogP contribution in [0, 0.1) is 5.92 Å². The van der Waals surface area contributed by atoms with E-state index in [0.29, 0.717) is 5.92 Å². The zero-order valence-corrected chi connectivity index (χ0v) is 19.0. The van der Waals surface area contributed by atoms with Crippen molar-refractivity contribution in [1.82, 2.24) is 10.2 Å². The summed E-state index contributed by atoms with van der Waals surface area (Å²) in [7, 11) is 0. The molecule has 1 fully saturated rings. The van der Waals surface area contributed by atoms with E-state index in [1.807, 2.05) is 53.4 Å². The summed E-state index contributed by atoms with van der Waals surface area (Å²) >= 11 is 5.03. The van der Waals surface area contributed by atoms with Crippen LogP contribution in [0.4, 0.5) is 0 Å². The van der Waals surface area contributed by atoms with Gasteiger partial charge in [-0.3, -0.25) is 9.59 Å². The molecule has 3 aromatic rings. The van der Waals surface area contributed by atoms with Crippen LogP contribution in [0.15, 0.2) is 53.0 Å². The van der Waals surface area contributed by atoms with E-state index in [-0.39, 0.29) is 17.9 Å². The first-order valence-electron chi connectivity index (χ1n) is 10.4. The van der Waals surface area contributed by atoms with Crippen molar-refractivity contribution < 1.29 is 9.59 Å². The number of rotatable bonds is 4. The van der Waals surface area contributed by atoms with Gasteiger partial charge in [0.25, 0.3) is 11.8 Å². The summed E-state index contributed by atoms with van der Waals surface area (Å²) < 4.78 is 2.15. The van der Waals surface area contributed by atoms with Gasteiger partial charge in [0.05, 0.1) is 4.88 Å². The van der Waals surface area contributed by atoms with E-state index in [2.05, 4.69) is 21.2 Å². The highest BCUT2D eigenvalue weighted by Crippen LogP contribution is 2.31. The third-order valence-electron chi connectivity index (χ3n) is 6.26. The number of amides is 2. The summed E-state index contributed by atoms with van der Waals surface area (Å²) in [5, 5.41) is 4.32. The second-order valence-corrected chi connectivity index (χ2v) is 10.3. The predicted molar refractivity (Wildman–Crippen MR) is 124 cm³/mol. The molecule has 1 aromatic heterocycles. The van der Waals surface area contributed by atoms with E-state index in [4.69, 9.17) is 0 Å². The Morgan fingerprint density at radius 2 is 1.90 bits per heavy atom. The van der Waals surface area contributed by atoms with Gasteiger partial charge < -0.3 is 10.2 Å². The highest BCUT2D eigenvalue weighted by Gasteiger charge is 2.31. The molecule has 1 aliphatic carbocycles. The summed E-state index contributed by atoms with van der Waals surface area (Å²) in [6.45, 7) is 1.55. The Balaban J connectivity index is 1.14. The van der Waals surface area contributed by atoms with Crippen molar-refractivity contribution in [3.8, 4) is 0 Å². The van der Waals surface area contributed by atoms with Crippen LogP contribution in [0.3, 0.4) is 0 Å². The summed E-state index contributed by atoms with van der Waals surface area (Å²) in [6.07, 6.45) is 4.04. The lowest BCUT2D eigenvalue weighted by Gasteiger charge is -2.31.